The van der Waals surface area contributed by atoms with Gasteiger partial charge >= 0.3 is 6.09 Å². The minimum Gasteiger partial charge on any atom is -0.444 e. The molecule has 0 unspecified atom stereocenters. The molecule has 1 heterocycles. The summed E-state index contributed by atoms with van der Waals surface area (Å²) in [6.07, 6.45) is 1.52. The minimum absolute atomic E-state index is 0.192. The lowest BCUT2D eigenvalue weighted by Crippen LogP contribution is -2.47. The first kappa shape index (κ1) is 17.2. The second-order valence-corrected chi connectivity index (χ2v) is 6.92. The lowest BCUT2D eigenvalue weighted by molar-refractivity contribution is 0.0201. The van der Waals surface area contributed by atoms with Gasteiger partial charge in [-0.25, -0.2) is 4.79 Å². The van der Waals surface area contributed by atoms with Crippen LogP contribution in [0.4, 0.5) is 16.2 Å². The second-order valence-electron chi connectivity index (χ2n) is 6.92. The Hall–Kier alpha value is -2.11. The highest BCUT2D eigenvalue weighted by molar-refractivity contribution is 5.68. The van der Waals surface area contributed by atoms with E-state index >= 15 is 0 Å². The van der Waals surface area contributed by atoms with Crippen LogP contribution in [-0.2, 0) is 4.74 Å². The van der Waals surface area contributed by atoms with Crippen molar-refractivity contribution in [1.82, 2.24) is 4.90 Å². The number of rotatable bonds is 3. The van der Waals surface area contributed by atoms with Crippen molar-refractivity contribution in [3.8, 4) is 0 Å². The minimum atomic E-state index is -0.472. The van der Waals surface area contributed by atoms with Crippen LogP contribution < -0.4 is 4.90 Å². The highest BCUT2D eigenvalue weighted by Crippen LogP contribution is 2.25. The largest absolute Gasteiger partial charge is 0.444 e. The first-order valence-electron chi connectivity index (χ1n) is 7.94. The van der Waals surface area contributed by atoms with Gasteiger partial charge in [-0.15, -0.1) is 4.91 Å². The van der Waals surface area contributed by atoms with Crippen LogP contribution >= 0.6 is 0 Å². The van der Waals surface area contributed by atoms with Crippen LogP contribution in [0.15, 0.2) is 29.4 Å². The molecule has 6 heteroatoms. The average molecular weight is 319 g/mol. The zero-order valence-electron chi connectivity index (χ0n) is 14.3. The number of benzene rings is 1. The van der Waals surface area contributed by atoms with Crippen LogP contribution in [0, 0.1) is 4.91 Å². The number of ether oxygens (including phenoxy) is 1. The zero-order valence-corrected chi connectivity index (χ0v) is 14.3. The fraction of sp³-hybridized carbons (Fsp3) is 0.588. The summed E-state index contributed by atoms with van der Waals surface area (Å²) in [5, 5.41) is 2.91. The topological polar surface area (TPSA) is 62.2 Å². The maximum atomic E-state index is 12.1. The lowest BCUT2D eigenvalue weighted by atomic mass is 10.0. The van der Waals surface area contributed by atoms with Gasteiger partial charge in [-0.1, -0.05) is 0 Å². The Balaban J connectivity index is 1.89. The van der Waals surface area contributed by atoms with Gasteiger partial charge in [0.25, 0.3) is 0 Å². The number of nitrogens with zero attached hydrogens (tertiary/aromatic N) is 3. The Bertz CT molecular complexity index is 543. The van der Waals surface area contributed by atoms with Gasteiger partial charge in [-0.2, -0.15) is 0 Å². The molecule has 1 aromatic rings. The second kappa shape index (κ2) is 6.98. The van der Waals surface area contributed by atoms with Crippen molar-refractivity contribution in [2.45, 2.75) is 45.3 Å². The van der Waals surface area contributed by atoms with E-state index in [-0.39, 0.29) is 12.1 Å². The van der Waals surface area contributed by atoms with E-state index < -0.39 is 5.60 Å². The quantitative estimate of drug-likeness (QED) is 0.792. The van der Waals surface area contributed by atoms with Crippen molar-refractivity contribution in [3.63, 3.8) is 0 Å². The third kappa shape index (κ3) is 4.68. The summed E-state index contributed by atoms with van der Waals surface area (Å²) < 4.78 is 5.42. The summed E-state index contributed by atoms with van der Waals surface area (Å²) in [5.74, 6) is 0. The predicted octanol–water partition coefficient (Wildman–Crippen LogP) is 3.92. The van der Waals surface area contributed by atoms with Crippen LogP contribution in [0.25, 0.3) is 0 Å². The molecule has 1 aliphatic heterocycles. The van der Waals surface area contributed by atoms with E-state index in [1.54, 1.807) is 24.1 Å². The highest BCUT2D eigenvalue weighted by atomic mass is 16.6. The van der Waals surface area contributed by atoms with Gasteiger partial charge in [0.1, 0.15) is 11.3 Å². The van der Waals surface area contributed by atoms with Crippen LogP contribution in [0.1, 0.15) is 33.6 Å². The van der Waals surface area contributed by atoms with Gasteiger partial charge in [0.05, 0.1) is 0 Å². The third-order valence-electron chi connectivity index (χ3n) is 4.01. The summed E-state index contributed by atoms with van der Waals surface area (Å²) in [6.45, 7) is 7.36. The standard InChI is InChI=1S/C17H25N3O3/c1-17(2,3)23-16(21)19(4)14-9-11-20(12-10-14)15-7-5-13(18-22)6-8-15/h5-8,14H,9-12H2,1-4H3. The lowest BCUT2D eigenvalue weighted by Gasteiger charge is -2.38. The average Bonchev–Trinajstić information content (AvgIpc) is 2.53. The van der Waals surface area contributed by atoms with E-state index in [1.165, 1.54) is 0 Å². The number of anilines is 1. The number of hydrogen-bond acceptors (Lipinski definition) is 5. The summed E-state index contributed by atoms with van der Waals surface area (Å²) in [4.78, 5) is 26.6. The smallest absolute Gasteiger partial charge is 0.410 e. The molecule has 6 nitrogen and oxygen atoms in total. The Kier molecular flexibility index (Phi) is 5.23. The number of nitroso groups, excluding NO2 is 1. The summed E-state index contributed by atoms with van der Waals surface area (Å²) in [7, 11) is 1.80. The predicted molar refractivity (Wildman–Crippen MR) is 91.1 cm³/mol. The fourth-order valence-electron chi connectivity index (χ4n) is 2.72. The molecule has 1 amide bonds. The highest BCUT2D eigenvalue weighted by Gasteiger charge is 2.28. The van der Waals surface area contributed by atoms with Gasteiger partial charge in [-0.05, 0) is 63.1 Å². The van der Waals surface area contributed by atoms with Crippen LogP contribution in [0.3, 0.4) is 0 Å². The normalized spacial score (nSPS) is 16.1. The molecule has 0 aliphatic carbocycles. The molecule has 0 atom stereocenters. The van der Waals surface area contributed by atoms with Gasteiger partial charge in [0.15, 0.2) is 0 Å². The molecule has 0 saturated carbocycles. The molecule has 0 radical (unpaired) electrons. The molecule has 2 rings (SSSR count). The maximum Gasteiger partial charge on any atom is 0.410 e. The van der Waals surface area contributed by atoms with Crippen molar-refractivity contribution < 1.29 is 9.53 Å². The van der Waals surface area contributed by atoms with Crippen LogP contribution in [-0.4, -0.2) is 42.8 Å². The van der Waals surface area contributed by atoms with Crippen molar-refractivity contribution >= 4 is 17.5 Å². The van der Waals surface area contributed by atoms with E-state index in [0.717, 1.165) is 31.6 Å². The molecule has 0 aromatic heterocycles. The Morgan fingerprint density at radius 3 is 2.26 bits per heavy atom. The zero-order chi connectivity index (χ0) is 17.0. The van der Waals surface area contributed by atoms with Crippen molar-refractivity contribution in [2.24, 2.45) is 5.18 Å². The summed E-state index contributed by atoms with van der Waals surface area (Å²) in [5.41, 5.74) is 1.05. The van der Waals surface area contributed by atoms with Crippen molar-refractivity contribution in [3.05, 3.63) is 29.2 Å². The molecule has 126 valence electrons. The monoisotopic (exact) mass is 319 g/mol. The molecular formula is C17H25N3O3. The molecule has 0 N–H and O–H groups in total. The first-order valence-corrected chi connectivity index (χ1v) is 7.94. The summed E-state index contributed by atoms with van der Waals surface area (Å²) >= 11 is 0. The van der Waals surface area contributed by atoms with Gasteiger partial charge in [0, 0.05) is 31.9 Å². The molecule has 0 spiro atoms. The molecular weight excluding hydrogens is 294 g/mol. The van der Waals surface area contributed by atoms with Gasteiger partial charge in [0.2, 0.25) is 0 Å². The summed E-state index contributed by atoms with van der Waals surface area (Å²) in [6, 6.07) is 7.46. The van der Waals surface area contributed by atoms with Gasteiger partial charge in [-0.3, -0.25) is 0 Å². The molecule has 1 aliphatic rings. The van der Waals surface area contributed by atoms with E-state index in [4.69, 9.17) is 4.74 Å². The molecule has 0 bridgehead atoms. The Morgan fingerprint density at radius 1 is 1.22 bits per heavy atom. The maximum absolute atomic E-state index is 12.1. The molecule has 1 fully saturated rings. The Morgan fingerprint density at radius 2 is 1.78 bits per heavy atom. The molecule has 23 heavy (non-hydrogen) atoms. The SMILES string of the molecule is CN(C(=O)OC(C)(C)C)C1CCN(c2ccc(N=O)cc2)CC1. The third-order valence-corrected chi connectivity index (χ3v) is 4.01. The van der Waals surface area contributed by atoms with Crippen molar-refractivity contribution in [2.75, 3.05) is 25.0 Å². The Labute approximate surface area is 137 Å². The van der Waals surface area contributed by atoms with Crippen LogP contribution in [0.5, 0.6) is 0 Å². The van der Waals surface area contributed by atoms with E-state index in [9.17, 15) is 9.70 Å². The van der Waals surface area contributed by atoms with E-state index in [0.29, 0.717) is 5.69 Å². The number of carbonyl (C=O) groups excluding carboxylic acids is 1. The number of amides is 1. The van der Waals surface area contributed by atoms with E-state index in [2.05, 4.69) is 10.1 Å². The number of hydrogen-bond donors (Lipinski definition) is 0. The first-order chi connectivity index (χ1) is 10.8. The molecule has 1 saturated heterocycles. The number of piperidine rings is 1. The van der Waals surface area contributed by atoms with E-state index in [1.807, 2.05) is 32.9 Å². The van der Waals surface area contributed by atoms with Gasteiger partial charge < -0.3 is 14.5 Å². The molecule has 1 aromatic carbocycles. The van der Waals surface area contributed by atoms with Crippen LogP contribution in [0.2, 0.25) is 0 Å². The van der Waals surface area contributed by atoms with Crippen molar-refractivity contribution in [1.29, 1.82) is 0 Å². The fourth-order valence-corrected chi connectivity index (χ4v) is 2.72. The number of carbonyl (C=O) groups is 1.